The van der Waals surface area contributed by atoms with Gasteiger partial charge in [0.05, 0.1) is 4.90 Å². The second-order valence-electron chi connectivity index (χ2n) is 5.56. The SMILES string of the molecule is O=C(NS(=O)(=O)c1ccc(-c2ccccc2)cc1)[C@@H]1C[C@@H]1[N+](=O)[O-]. The van der Waals surface area contributed by atoms with Gasteiger partial charge >= 0.3 is 0 Å². The number of nitrogens with zero attached hydrogens (tertiary/aromatic N) is 1. The van der Waals surface area contributed by atoms with E-state index < -0.39 is 32.8 Å². The molecular formula is C16H14N2O5S. The van der Waals surface area contributed by atoms with Gasteiger partial charge in [-0.2, -0.15) is 0 Å². The summed E-state index contributed by atoms with van der Waals surface area (Å²) in [7, 11) is -4.03. The second-order valence-corrected chi connectivity index (χ2v) is 7.24. The Morgan fingerprint density at radius 1 is 1.04 bits per heavy atom. The van der Waals surface area contributed by atoms with Crippen LogP contribution in [0, 0.1) is 16.0 Å². The van der Waals surface area contributed by atoms with Crippen molar-refractivity contribution in [1.82, 2.24) is 4.72 Å². The molecule has 0 heterocycles. The highest BCUT2D eigenvalue weighted by Crippen LogP contribution is 2.33. The Bertz CT molecular complexity index is 878. The molecule has 2 aromatic rings. The molecule has 1 amide bonds. The number of hydrogen-bond donors (Lipinski definition) is 1. The zero-order valence-corrected chi connectivity index (χ0v) is 13.3. The number of carbonyl (C=O) groups excluding carboxylic acids is 1. The first-order valence-corrected chi connectivity index (χ1v) is 8.72. The highest BCUT2D eigenvalue weighted by Gasteiger charge is 2.54. The molecule has 8 heteroatoms. The molecule has 124 valence electrons. The van der Waals surface area contributed by atoms with Crippen LogP contribution in [0.25, 0.3) is 11.1 Å². The minimum absolute atomic E-state index is 0.0613. The van der Waals surface area contributed by atoms with E-state index in [2.05, 4.69) is 0 Å². The molecule has 2 aromatic carbocycles. The van der Waals surface area contributed by atoms with Crippen molar-refractivity contribution in [2.75, 3.05) is 0 Å². The maximum atomic E-state index is 12.2. The number of carbonyl (C=O) groups is 1. The van der Waals surface area contributed by atoms with Gasteiger partial charge in [0, 0.05) is 11.3 Å². The summed E-state index contributed by atoms with van der Waals surface area (Å²) in [5.74, 6) is -1.71. The smallest absolute Gasteiger partial charge is 0.264 e. The molecule has 24 heavy (non-hydrogen) atoms. The molecule has 0 radical (unpaired) electrons. The predicted octanol–water partition coefficient (Wildman–Crippen LogP) is 1.82. The Morgan fingerprint density at radius 3 is 2.17 bits per heavy atom. The van der Waals surface area contributed by atoms with Crippen molar-refractivity contribution in [2.24, 2.45) is 5.92 Å². The van der Waals surface area contributed by atoms with Gasteiger partial charge in [-0.1, -0.05) is 42.5 Å². The lowest BCUT2D eigenvalue weighted by atomic mass is 10.1. The zero-order valence-electron chi connectivity index (χ0n) is 12.5. The minimum Gasteiger partial charge on any atom is -0.273 e. The Balaban J connectivity index is 1.73. The highest BCUT2D eigenvalue weighted by atomic mass is 32.2. The van der Waals surface area contributed by atoms with Crippen LogP contribution in [0.2, 0.25) is 0 Å². The fraction of sp³-hybridized carbons (Fsp3) is 0.188. The molecule has 3 rings (SSSR count). The van der Waals surface area contributed by atoms with Crippen molar-refractivity contribution in [3.8, 4) is 11.1 Å². The van der Waals surface area contributed by atoms with Gasteiger partial charge in [0.25, 0.3) is 10.0 Å². The van der Waals surface area contributed by atoms with E-state index >= 15 is 0 Å². The summed E-state index contributed by atoms with van der Waals surface area (Å²) in [5, 5.41) is 10.6. The van der Waals surface area contributed by atoms with Crippen LogP contribution in [0.15, 0.2) is 59.5 Å². The number of amides is 1. The van der Waals surface area contributed by atoms with Crippen molar-refractivity contribution in [3.63, 3.8) is 0 Å². The third-order valence-corrected chi connectivity index (χ3v) is 5.23. The van der Waals surface area contributed by atoms with Crippen LogP contribution in [0.4, 0.5) is 0 Å². The van der Waals surface area contributed by atoms with Gasteiger partial charge < -0.3 is 0 Å². The van der Waals surface area contributed by atoms with Crippen LogP contribution in [-0.4, -0.2) is 25.3 Å². The first-order valence-electron chi connectivity index (χ1n) is 7.24. The molecule has 0 aliphatic heterocycles. The van der Waals surface area contributed by atoms with Gasteiger partial charge in [0.2, 0.25) is 11.9 Å². The van der Waals surface area contributed by atoms with E-state index in [4.69, 9.17) is 0 Å². The normalized spacial score (nSPS) is 19.5. The highest BCUT2D eigenvalue weighted by molar-refractivity contribution is 7.90. The average molecular weight is 346 g/mol. The lowest BCUT2D eigenvalue weighted by molar-refractivity contribution is -0.497. The van der Waals surface area contributed by atoms with Crippen LogP contribution in [0.3, 0.4) is 0 Å². The summed E-state index contributed by atoms with van der Waals surface area (Å²) in [6, 6.07) is 14.5. The van der Waals surface area contributed by atoms with Gasteiger partial charge in [-0.25, -0.2) is 13.1 Å². The zero-order chi connectivity index (χ0) is 17.3. The van der Waals surface area contributed by atoms with Gasteiger partial charge in [-0.05, 0) is 23.3 Å². The molecule has 0 unspecified atom stereocenters. The Morgan fingerprint density at radius 2 is 1.62 bits per heavy atom. The fourth-order valence-corrected chi connectivity index (χ4v) is 3.45. The van der Waals surface area contributed by atoms with Crippen molar-refractivity contribution in [1.29, 1.82) is 0 Å². The van der Waals surface area contributed by atoms with E-state index in [1.807, 2.05) is 35.1 Å². The maximum Gasteiger partial charge on any atom is 0.264 e. The van der Waals surface area contributed by atoms with E-state index in [0.29, 0.717) is 0 Å². The lowest BCUT2D eigenvalue weighted by Crippen LogP contribution is -2.33. The van der Waals surface area contributed by atoms with E-state index in [-0.39, 0.29) is 11.3 Å². The van der Waals surface area contributed by atoms with E-state index in [9.17, 15) is 23.3 Å². The molecular weight excluding hydrogens is 332 g/mol. The Labute approximate surface area is 138 Å². The van der Waals surface area contributed by atoms with E-state index in [1.165, 1.54) is 12.1 Å². The van der Waals surface area contributed by atoms with Crippen LogP contribution in [0.1, 0.15) is 6.42 Å². The van der Waals surface area contributed by atoms with Crippen LogP contribution < -0.4 is 4.72 Å². The van der Waals surface area contributed by atoms with Crippen molar-refractivity contribution >= 4 is 15.9 Å². The van der Waals surface area contributed by atoms with Crippen LogP contribution in [-0.2, 0) is 14.8 Å². The van der Waals surface area contributed by atoms with Crippen molar-refractivity contribution in [2.45, 2.75) is 17.4 Å². The van der Waals surface area contributed by atoms with Gasteiger partial charge in [0.15, 0.2) is 0 Å². The number of hydrogen-bond acceptors (Lipinski definition) is 5. The summed E-state index contributed by atoms with van der Waals surface area (Å²) in [4.78, 5) is 21.7. The second kappa shape index (κ2) is 6.04. The number of nitro groups is 1. The van der Waals surface area contributed by atoms with Crippen molar-refractivity contribution < 1.29 is 18.1 Å². The molecule has 7 nitrogen and oxygen atoms in total. The molecule has 1 N–H and O–H groups in total. The summed E-state index contributed by atoms with van der Waals surface area (Å²) >= 11 is 0. The predicted molar refractivity (Wildman–Crippen MR) is 86.1 cm³/mol. The van der Waals surface area contributed by atoms with Gasteiger partial charge in [-0.15, -0.1) is 0 Å². The lowest BCUT2D eigenvalue weighted by Gasteiger charge is -2.07. The molecule has 0 saturated heterocycles. The molecule has 2 atom stereocenters. The number of rotatable bonds is 5. The summed E-state index contributed by atoms with van der Waals surface area (Å²) in [6.45, 7) is 0. The molecule has 0 bridgehead atoms. The Kier molecular flexibility index (Phi) is 4.06. The van der Waals surface area contributed by atoms with Crippen molar-refractivity contribution in [3.05, 3.63) is 64.7 Å². The summed E-state index contributed by atoms with van der Waals surface area (Å²) in [6.07, 6.45) is 0.0707. The number of benzene rings is 2. The van der Waals surface area contributed by atoms with Gasteiger partial charge in [0.1, 0.15) is 5.92 Å². The first-order chi connectivity index (χ1) is 11.4. The third kappa shape index (κ3) is 3.28. The number of sulfonamides is 1. The fourth-order valence-electron chi connectivity index (χ4n) is 2.42. The third-order valence-electron chi connectivity index (χ3n) is 3.87. The molecule has 1 aliphatic carbocycles. The quantitative estimate of drug-likeness (QED) is 0.656. The number of nitrogens with one attached hydrogen (secondary N) is 1. The van der Waals surface area contributed by atoms with Crippen LogP contribution >= 0.6 is 0 Å². The maximum absolute atomic E-state index is 12.2. The molecule has 0 spiro atoms. The average Bonchev–Trinajstić information content (AvgIpc) is 3.36. The largest absolute Gasteiger partial charge is 0.273 e. The molecule has 1 saturated carbocycles. The molecule has 1 fully saturated rings. The molecule has 1 aliphatic rings. The standard InChI is InChI=1S/C16H14N2O5S/c19-16(14-10-15(14)18(20)21)17-24(22,23)13-8-6-12(7-9-13)11-4-2-1-3-5-11/h1-9,14-15H,10H2,(H,17,19)/t14-,15+/m1/s1. The topological polar surface area (TPSA) is 106 Å². The van der Waals surface area contributed by atoms with E-state index in [0.717, 1.165) is 11.1 Å². The van der Waals surface area contributed by atoms with Crippen LogP contribution in [0.5, 0.6) is 0 Å². The Hall–Kier alpha value is -2.74. The first kappa shape index (κ1) is 16.1. The minimum atomic E-state index is -4.03. The van der Waals surface area contributed by atoms with Gasteiger partial charge in [-0.3, -0.25) is 14.9 Å². The summed E-state index contributed by atoms with van der Waals surface area (Å²) < 4.78 is 26.3. The summed E-state index contributed by atoms with van der Waals surface area (Å²) in [5.41, 5.74) is 1.79. The molecule has 0 aromatic heterocycles. The van der Waals surface area contributed by atoms with E-state index in [1.54, 1.807) is 12.1 Å². The monoisotopic (exact) mass is 346 g/mol.